The smallest absolute Gasteiger partial charge is 0.326 e. The Bertz CT molecular complexity index is 531. The van der Waals surface area contributed by atoms with Gasteiger partial charge >= 0.3 is 5.97 Å². The molecule has 1 unspecified atom stereocenters. The van der Waals surface area contributed by atoms with Gasteiger partial charge in [-0.15, -0.1) is 0 Å². The number of carboxylic acids is 1. The molecule has 0 aliphatic heterocycles. The molecule has 0 aliphatic rings. The summed E-state index contributed by atoms with van der Waals surface area (Å²) in [5.74, 6) is -0.759. The molecule has 1 aromatic carbocycles. The van der Waals surface area contributed by atoms with Crippen molar-refractivity contribution < 1.29 is 14.8 Å². The van der Waals surface area contributed by atoms with Gasteiger partial charge in [-0.1, -0.05) is 25.4 Å². The maximum atomic E-state index is 11.2. The maximum absolute atomic E-state index is 11.2. The molecular formula is C13H17ClN2O4. The van der Waals surface area contributed by atoms with Crippen LogP contribution in [-0.2, 0) is 4.79 Å². The van der Waals surface area contributed by atoms with Crippen LogP contribution in [0.1, 0.15) is 25.8 Å². The standard InChI is InChI=1S/C13H17ClN2O4/c1-7(2)4-11(13(17)18)15-10-6-9(14)12(16(19)20)5-8(10)3/h5-7,11,15H,4H2,1-3H3,(H,17,18). The number of nitrogens with one attached hydrogen (secondary N) is 1. The van der Waals surface area contributed by atoms with Gasteiger partial charge in [0.1, 0.15) is 11.1 Å². The van der Waals surface area contributed by atoms with E-state index in [2.05, 4.69) is 5.32 Å². The summed E-state index contributed by atoms with van der Waals surface area (Å²) in [5.41, 5.74) is 0.884. The number of carbonyl (C=O) groups is 1. The number of aryl methyl sites for hydroxylation is 1. The predicted octanol–water partition coefficient (Wildman–Crippen LogP) is 3.47. The summed E-state index contributed by atoms with van der Waals surface area (Å²) in [7, 11) is 0. The Morgan fingerprint density at radius 2 is 2.10 bits per heavy atom. The lowest BCUT2D eigenvalue weighted by molar-refractivity contribution is -0.384. The lowest BCUT2D eigenvalue weighted by Crippen LogP contribution is -2.31. The number of anilines is 1. The maximum Gasteiger partial charge on any atom is 0.326 e. The van der Waals surface area contributed by atoms with Crippen molar-refractivity contribution >= 4 is 28.9 Å². The number of hydrogen-bond acceptors (Lipinski definition) is 4. The summed E-state index contributed by atoms with van der Waals surface area (Å²) < 4.78 is 0. The first kappa shape index (κ1) is 16.2. The fourth-order valence-electron chi connectivity index (χ4n) is 1.84. The quantitative estimate of drug-likeness (QED) is 0.620. The van der Waals surface area contributed by atoms with E-state index in [-0.39, 0.29) is 16.6 Å². The number of hydrogen-bond donors (Lipinski definition) is 2. The number of nitrogens with zero attached hydrogens (tertiary/aromatic N) is 1. The molecule has 1 rings (SSSR count). The van der Waals surface area contributed by atoms with E-state index in [1.165, 1.54) is 12.1 Å². The molecular weight excluding hydrogens is 284 g/mol. The largest absolute Gasteiger partial charge is 0.480 e. The second-order valence-corrected chi connectivity index (χ2v) is 5.45. The summed E-state index contributed by atoms with van der Waals surface area (Å²) in [6.45, 7) is 5.51. The van der Waals surface area contributed by atoms with E-state index in [4.69, 9.17) is 11.6 Å². The van der Waals surface area contributed by atoms with Crippen molar-refractivity contribution in [2.45, 2.75) is 33.2 Å². The second-order valence-electron chi connectivity index (χ2n) is 5.04. The molecule has 0 radical (unpaired) electrons. The van der Waals surface area contributed by atoms with Gasteiger partial charge in [-0.3, -0.25) is 10.1 Å². The summed E-state index contributed by atoms with van der Waals surface area (Å²) >= 11 is 5.84. The molecule has 0 spiro atoms. The van der Waals surface area contributed by atoms with Crippen molar-refractivity contribution in [1.29, 1.82) is 0 Å². The number of carboxylic acid groups (broad SMARTS) is 1. The summed E-state index contributed by atoms with van der Waals surface area (Å²) in [4.78, 5) is 21.4. The van der Waals surface area contributed by atoms with Crippen molar-refractivity contribution in [2.75, 3.05) is 5.32 Å². The van der Waals surface area contributed by atoms with Gasteiger partial charge in [-0.2, -0.15) is 0 Å². The van der Waals surface area contributed by atoms with Crippen LogP contribution >= 0.6 is 11.6 Å². The molecule has 0 bridgehead atoms. The van der Waals surface area contributed by atoms with E-state index in [1.807, 2.05) is 13.8 Å². The average molecular weight is 301 g/mol. The van der Waals surface area contributed by atoms with Gasteiger partial charge in [0.05, 0.1) is 4.92 Å². The minimum absolute atomic E-state index is 0.0169. The molecule has 0 aromatic heterocycles. The SMILES string of the molecule is Cc1cc([N+](=O)[O-])c(Cl)cc1NC(CC(C)C)C(=O)O. The minimum Gasteiger partial charge on any atom is -0.480 e. The molecule has 0 heterocycles. The van der Waals surface area contributed by atoms with Crippen molar-refractivity contribution in [3.63, 3.8) is 0 Å². The molecule has 0 amide bonds. The van der Waals surface area contributed by atoms with Crippen molar-refractivity contribution in [2.24, 2.45) is 5.92 Å². The fraction of sp³-hybridized carbons (Fsp3) is 0.462. The highest BCUT2D eigenvalue weighted by molar-refractivity contribution is 6.33. The van der Waals surface area contributed by atoms with Gasteiger partial charge in [0.15, 0.2) is 0 Å². The van der Waals surface area contributed by atoms with Gasteiger partial charge in [0.25, 0.3) is 5.69 Å². The van der Waals surface area contributed by atoms with Crippen LogP contribution in [0.15, 0.2) is 12.1 Å². The Morgan fingerprint density at radius 1 is 1.50 bits per heavy atom. The zero-order chi connectivity index (χ0) is 15.4. The Morgan fingerprint density at radius 3 is 2.55 bits per heavy atom. The van der Waals surface area contributed by atoms with E-state index >= 15 is 0 Å². The first-order chi connectivity index (χ1) is 9.22. The van der Waals surface area contributed by atoms with Crippen LogP contribution in [0.25, 0.3) is 0 Å². The zero-order valence-corrected chi connectivity index (χ0v) is 12.3. The number of nitro groups is 1. The van der Waals surface area contributed by atoms with Crippen LogP contribution in [0, 0.1) is 23.0 Å². The highest BCUT2D eigenvalue weighted by Crippen LogP contribution is 2.31. The van der Waals surface area contributed by atoms with Gasteiger partial charge in [-0.05, 0) is 30.9 Å². The van der Waals surface area contributed by atoms with E-state index in [9.17, 15) is 20.0 Å². The molecule has 7 heteroatoms. The highest BCUT2D eigenvalue weighted by Gasteiger charge is 2.21. The third kappa shape index (κ3) is 4.09. The van der Waals surface area contributed by atoms with Crippen LogP contribution in [0.3, 0.4) is 0 Å². The van der Waals surface area contributed by atoms with Crippen molar-refractivity contribution in [1.82, 2.24) is 0 Å². The zero-order valence-electron chi connectivity index (χ0n) is 11.5. The van der Waals surface area contributed by atoms with Crippen LogP contribution < -0.4 is 5.32 Å². The number of halogens is 1. The summed E-state index contributed by atoms with van der Waals surface area (Å²) in [5, 5.41) is 22.8. The van der Waals surface area contributed by atoms with Crippen LogP contribution in [0.4, 0.5) is 11.4 Å². The molecule has 0 saturated carbocycles. The number of aliphatic carboxylic acids is 1. The Balaban J connectivity index is 3.05. The Kier molecular flexibility index (Phi) is 5.33. The Hall–Kier alpha value is -1.82. The van der Waals surface area contributed by atoms with Gasteiger partial charge < -0.3 is 10.4 Å². The fourth-order valence-corrected chi connectivity index (χ4v) is 2.07. The second kappa shape index (κ2) is 6.56. The van der Waals surface area contributed by atoms with Gasteiger partial charge in [0.2, 0.25) is 0 Å². The molecule has 0 fully saturated rings. The number of benzene rings is 1. The first-order valence-electron chi connectivity index (χ1n) is 6.16. The molecule has 1 atom stereocenters. The first-order valence-corrected chi connectivity index (χ1v) is 6.54. The van der Waals surface area contributed by atoms with E-state index < -0.39 is 16.9 Å². The third-order valence-corrected chi connectivity index (χ3v) is 3.13. The third-order valence-electron chi connectivity index (χ3n) is 2.83. The van der Waals surface area contributed by atoms with E-state index in [0.717, 1.165) is 0 Å². The lowest BCUT2D eigenvalue weighted by Gasteiger charge is -2.19. The van der Waals surface area contributed by atoms with E-state index in [1.54, 1.807) is 6.92 Å². The van der Waals surface area contributed by atoms with Crippen molar-refractivity contribution in [3.8, 4) is 0 Å². The molecule has 0 saturated heterocycles. The molecule has 1 aromatic rings. The normalized spacial score (nSPS) is 12.2. The van der Waals surface area contributed by atoms with Crippen molar-refractivity contribution in [3.05, 3.63) is 32.8 Å². The van der Waals surface area contributed by atoms with Crippen LogP contribution in [0.5, 0.6) is 0 Å². The average Bonchev–Trinajstić information content (AvgIpc) is 2.31. The highest BCUT2D eigenvalue weighted by atomic mass is 35.5. The van der Waals surface area contributed by atoms with E-state index in [0.29, 0.717) is 17.7 Å². The summed E-state index contributed by atoms with van der Waals surface area (Å²) in [6.07, 6.45) is 0.448. The Labute approximate surface area is 121 Å². The minimum atomic E-state index is -0.965. The molecule has 6 nitrogen and oxygen atoms in total. The van der Waals surface area contributed by atoms with Crippen LogP contribution in [-0.4, -0.2) is 22.0 Å². The topological polar surface area (TPSA) is 92.5 Å². The van der Waals surface area contributed by atoms with Crippen LogP contribution in [0.2, 0.25) is 5.02 Å². The molecule has 20 heavy (non-hydrogen) atoms. The molecule has 0 aliphatic carbocycles. The predicted molar refractivity (Wildman–Crippen MR) is 77.3 cm³/mol. The lowest BCUT2D eigenvalue weighted by atomic mass is 10.0. The van der Waals surface area contributed by atoms with Gasteiger partial charge in [0, 0.05) is 11.8 Å². The molecule has 110 valence electrons. The van der Waals surface area contributed by atoms with Gasteiger partial charge in [-0.25, -0.2) is 4.79 Å². The summed E-state index contributed by atoms with van der Waals surface area (Å²) in [6, 6.07) is 1.97. The monoisotopic (exact) mass is 300 g/mol. The number of rotatable bonds is 6. The number of nitro benzene ring substituents is 1. The molecule has 2 N–H and O–H groups in total.